The molecule has 1 aromatic carbocycles. The van der Waals surface area contributed by atoms with Gasteiger partial charge in [-0.1, -0.05) is 6.07 Å². The van der Waals surface area contributed by atoms with Crippen molar-refractivity contribution in [2.75, 3.05) is 13.2 Å². The average Bonchev–Trinajstić information content (AvgIpc) is 2.91. The number of nitrogens with zero attached hydrogens (tertiary/aromatic N) is 2. The number of fused-ring (bicyclic) bond motifs is 1. The Kier molecular flexibility index (Phi) is 5.29. The Morgan fingerprint density at radius 2 is 2.08 bits per heavy atom. The first-order valence-electron chi connectivity index (χ1n) is 8.75. The minimum absolute atomic E-state index is 0.155. The van der Waals surface area contributed by atoms with Gasteiger partial charge in [0.2, 0.25) is 0 Å². The molecule has 1 aliphatic heterocycles. The molecule has 0 N–H and O–H groups in total. The van der Waals surface area contributed by atoms with Gasteiger partial charge in [-0.2, -0.15) is 0 Å². The molecule has 0 atom stereocenters. The molecule has 1 saturated heterocycles. The number of thiazole rings is 1. The van der Waals surface area contributed by atoms with E-state index < -0.39 is 5.60 Å². The van der Waals surface area contributed by atoms with Crippen molar-refractivity contribution in [3.8, 4) is 0 Å². The van der Waals surface area contributed by atoms with Gasteiger partial charge in [0, 0.05) is 25.8 Å². The molecule has 2 heterocycles. The Morgan fingerprint density at radius 1 is 1.36 bits per heavy atom. The van der Waals surface area contributed by atoms with Crippen LogP contribution in [-0.4, -0.2) is 40.8 Å². The van der Waals surface area contributed by atoms with Gasteiger partial charge < -0.3 is 14.4 Å². The molecule has 0 unspecified atom stereocenters. The summed E-state index contributed by atoms with van der Waals surface area (Å²) < 4.78 is 12.3. The number of aromatic nitrogens is 1. The van der Waals surface area contributed by atoms with Crippen LogP contribution < -0.4 is 0 Å². The van der Waals surface area contributed by atoms with Crippen molar-refractivity contribution < 1.29 is 14.3 Å². The zero-order valence-corrected chi connectivity index (χ0v) is 16.2. The van der Waals surface area contributed by atoms with E-state index in [0.29, 0.717) is 19.8 Å². The van der Waals surface area contributed by atoms with E-state index in [9.17, 15) is 4.79 Å². The molecule has 1 aliphatic rings. The Hall–Kier alpha value is -1.66. The minimum atomic E-state index is -0.501. The number of hydrogen-bond acceptors (Lipinski definition) is 5. The van der Waals surface area contributed by atoms with Gasteiger partial charge in [0.15, 0.2) is 0 Å². The van der Waals surface area contributed by atoms with E-state index in [1.165, 1.54) is 0 Å². The highest BCUT2D eigenvalue weighted by atomic mass is 32.1. The molecule has 5 nitrogen and oxygen atoms in total. The van der Waals surface area contributed by atoms with Gasteiger partial charge in [-0.05, 0) is 58.2 Å². The molecular formula is C19H26N2O3S. The highest BCUT2D eigenvalue weighted by Crippen LogP contribution is 2.25. The first kappa shape index (κ1) is 18.1. The van der Waals surface area contributed by atoms with Crippen LogP contribution in [0.5, 0.6) is 0 Å². The van der Waals surface area contributed by atoms with Gasteiger partial charge in [-0.3, -0.25) is 0 Å². The summed E-state index contributed by atoms with van der Waals surface area (Å²) in [5.41, 5.74) is 1.62. The summed E-state index contributed by atoms with van der Waals surface area (Å²) >= 11 is 1.68. The maximum atomic E-state index is 12.8. The number of amides is 1. The molecule has 136 valence electrons. The number of aryl methyl sites for hydroxylation is 1. The Balaban J connectivity index is 1.82. The fourth-order valence-corrected chi connectivity index (χ4v) is 3.93. The third-order valence-electron chi connectivity index (χ3n) is 4.17. The molecular weight excluding hydrogens is 336 g/mol. The lowest BCUT2D eigenvalue weighted by Crippen LogP contribution is -2.45. The van der Waals surface area contributed by atoms with Gasteiger partial charge in [-0.25, -0.2) is 9.78 Å². The Labute approximate surface area is 152 Å². The van der Waals surface area contributed by atoms with Crippen LogP contribution in [-0.2, 0) is 16.0 Å². The molecule has 1 amide bonds. The van der Waals surface area contributed by atoms with E-state index >= 15 is 0 Å². The lowest BCUT2D eigenvalue weighted by Gasteiger charge is -2.35. The molecule has 0 saturated carbocycles. The summed E-state index contributed by atoms with van der Waals surface area (Å²) in [6, 6.07) is 6.38. The van der Waals surface area contributed by atoms with E-state index in [1.807, 2.05) is 38.7 Å². The van der Waals surface area contributed by atoms with Crippen LogP contribution >= 0.6 is 11.3 Å². The van der Waals surface area contributed by atoms with Crippen molar-refractivity contribution in [3.05, 3.63) is 28.8 Å². The summed E-state index contributed by atoms with van der Waals surface area (Å²) in [5, 5.41) is 1.06. The smallest absolute Gasteiger partial charge is 0.410 e. The molecule has 1 fully saturated rings. The van der Waals surface area contributed by atoms with Crippen LogP contribution in [0.4, 0.5) is 4.79 Å². The van der Waals surface area contributed by atoms with E-state index in [-0.39, 0.29) is 12.1 Å². The van der Waals surface area contributed by atoms with Gasteiger partial charge in [0.05, 0.1) is 15.2 Å². The van der Waals surface area contributed by atoms with Crippen molar-refractivity contribution >= 4 is 27.6 Å². The number of rotatable bonds is 3. The number of carbonyl (C=O) groups is 1. The fourth-order valence-electron chi connectivity index (χ4n) is 3.04. The van der Waals surface area contributed by atoms with Crippen molar-refractivity contribution in [1.82, 2.24) is 9.88 Å². The van der Waals surface area contributed by atoms with Gasteiger partial charge in [0.25, 0.3) is 0 Å². The predicted molar refractivity (Wildman–Crippen MR) is 100.0 cm³/mol. The third-order valence-corrected chi connectivity index (χ3v) is 5.11. The molecule has 6 heteroatoms. The van der Waals surface area contributed by atoms with Crippen LogP contribution in [0.15, 0.2) is 18.2 Å². The summed E-state index contributed by atoms with van der Waals surface area (Å²) in [7, 11) is 0. The summed E-state index contributed by atoms with van der Waals surface area (Å²) in [6.07, 6.45) is 1.45. The van der Waals surface area contributed by atoms with Crippen molar-refractivity contribution in [3.63, 3.8) is 0 Å². The van der Waals surface area contributed by atoms with Crippen molar-refractivity contribution in [1.29, 1.82) is 0 Å². The number of ether oxygens (including phenoxy) is 2. The van der Waals surface area contributed by atoms with Crippen LogP contribution in [0.1, 0.15) is 44.2 Å². The van der Waals surface area contributed by atoms with Crippen LogP contribution in [0, 0.1) is 6.92 Å². The van der Waals surface area contributed by atoms with Gasteiger partial charge >= 0.3 is 6.09 Å². The van der Waals surface area contributed by atoms with Crippen LogP contribution in [0.2, 0.25) is 0 Å². The van der Waals surface area contributed by atoms with E-state index in [2.05, 4.69) is 17.1 Å². The largest absolute Gasteiger partial charge is 0.444 e. The standard InChI is InChI=1S/C19H26N2O3S/c1-13-20-16-6-5-14(11-17(16)25-13)12-21(15-7-9-23-10-8-15)18(22)24-19(2,3)4/h5-6,11,15H,7-10,12H2,1-4H3. The highest BCUT2D eigenvalue weighted by Gasteiger charge is 2.29. The maximum Gasteiger partial charge on any atom is 0.410 e. The second kappa shape index (κ2) is 7.30. The SMILES string of the molecule is Cc1nc2ccc(CN(C(=O)OC(C)(C)C)C3CCOCC3)cc2s1. The minimum Gasteiger partial charge on any atom is -0.444 e. The van der Waals surface area contributed by atoms with E-state index in [0.717, 1.165) is 33.6 Å². The molecule has 0 bridgehead atoms. The number of hydrogen-bond donors (Lipinski definition) is 0. The molecule has 25 heavy (non-hydrogen) atoms. The molecule has 0 radical (unpaired) electrons. The lowest BCUT2D eigenvalue weighted by molar-refractivity contribution is -0.00807. The summed E-state index contributed by atoms with van der Waals surface area (Å²) in [6.45, 7) is 9.65. The number of benzene rings is 1. The molecule has 0 aliphatic carbocycles. The second-order valence-corrected chi connectivity index (χ2v) is 8.72. The quantitative estimate of drug-likeness (QED) is 0.805. The Morgan fingerprint density at radius 3 is 2.76 bits per heavy atom. The third kappa shape index (κ3) is 4.70. The summed E-state index contributed by atoms with van der Waals surface area (Å²) in [5.74, 6) is 0. The van der Waals surface area contributed by atoms with Crippen LogP contribution in [0.25, 0.3) is 10.2 Å². The molecule has 2 aromatic rings. The Bertz CT molecular complexity index is 745. The first-order valence-corrected chi connectivity index (χ1v) is 9.57. The maximum absolute atomic E-state index is 12.8. The van der Waals surface area contributed by atoms with Crippen molar-refractivity contribution in [2.45, 2.75) is 58.7 Å². The molecule has 3 rings (SSSR count). The molecule has 1 aromatic heterocycles. The molecule has 0 spiro atoms. The highest BCUT2D eigenvalue weighted by molar-refractivity contribution is 7.18. The van der Waals surface area contributed by atoms with Gasteiger partial charge in [0.1, 0.15) is 5.60 Å². The normalized spacial score (nSPS) is 16.2. The summed E-state index contributed by atoms with van der Waals surface area (Å²) in [4.78, 5) is 19.2. The topological polar surface area (TPSA) is 51.7 Å². The van der Waals surface area contributed by atoms with Gasteiger partial charge in [-0.15, -0.1) is 11.3 Å². The van der Waals surface area contributed by atoms with Crippen molar-refractivity contribution in [2.24, 2.45) is 0 Å². The van der Waals surface area contributed by atoms with Crippen LogP contribution in [0.3, 0.4) is 0 Å². The predicted octanol–water partition coefficient (Wildman–Crippen LogP) is 4.52. The van der Waals surface area contributed by atoms with E-state index in [4.69, 9.17) is 9.47 Å². The lowest BCUT2D eigenvalue weighted by atomic mass is 10.1. The first-order chi connectivity index (χ1) is 11.8. The number of carbonyl (C=O) groups excluding carboxylic acids is 1. The zero-order chi connectivity index (χ0) is 18.0. The fraction of sp³-hybridized carbons (Fsp3) is 0.579. The average molecular weight is 362 g/mol. The monoisotopic (exact) mass is 362 g/mol. The second-order valence-electron chi connectivity index (χ2n) is 7.49. The van der Waals surface area contributed by atoms with E-state index in [1.54, 1.807) is 11.3 Å². The zero-order valence-electron chi connectivity index (χ0n) is 15.4.